The molecule has 0 atom stereocenters. The summed E-state index contributed by atoms with van der Waals surface area (Å²) >= 11 is 0. The van der Waals surface area contributed by atoms with Crippen LogP contribution in [-0.4, -0.2) is 36.6 Å². The molecular weight excluding hydrogens is 326 g/mol. The number of amides is 1. The molecule has 0 saturated heterocycles. The summed E-state index contributed by atoms with van der Waals surface area (Å²) in [6.45, 7) is 1.48. The summed E-state index contributed by atoms with van der Waals surface area (Å²) in [5.41, 5.74) is 5.13. The number of hydrogen-bond acceptors (Lipinski definition) is 3. The smallest absolute Gasteiger partial charge is 0.259 e. The van der Waals surface area contributed by atoms with E-state index in [9.17, 15) is 4.79 Å². The normalized spacial score (nSPS) is 13.7. The molecule has 0 unspecified atom stereocenters. The summed E-state index contributed by atoms with van der Waals surface area (Å²) in [6, 6.07) is 14.1. The largest absolute Gasteiger partial charge is 0.497 e. The Hall–Kier alpha value is -2.79. The highest BCUT2D eigenvalue weighted by Crippen LogP contribution is 2.33. The van der Waals surface area contributed by atoms with Gasteiger partial charge in [0.1, 0.15) is 5.75 Å². The highest BCUT2D eigenvalue weighted by molar-refractivity contribution is 6.10. The number of fused-ring (bicyclic) bond motifs is 2. The van der Waals surface area contributed by atoms with Gasteiger partial charge in [-0.3, -0.25) is 4.79 Å². The Morgan fingerprint density at radius 1 is 1.12 bits per heavy atom. The van der Waals surface area contributed by atoms with E-state index in [1.54, 1.807) is 7.11 Å². The number of nitrogens with zero attached hydrogens (tertiary/aromatic N) is 3. The van der Waals surface area contributed by atoms with Crippen molar-refractivity contribution in [2.45, 2.75) is 13.1 Å². The van der Waals surface area contributed by atoms with E-state index in [4.69, 9.17) is 4.74 Å². The van der Waals surface area contributed by atoms with Crippen molar-refractivity contribution < 1.29 is 9.53 Å². The maximum Gasteiger partial charge on any atom is 0.259 e. The van der Waals surface area contributed by atoms with Crippen molar-refractivity contribution in [3.05, 3.63) is 59.3 Å². The lowest BCUT2D eigenvalue weighted by Crippen LogP contribution is -2.22. The number of ether oxygens (including phenoxy) is 1. The average molecular weight is 349 g/mol. The van der Waals surface area contributed by atoms with Crippen LogP contribution < -0.4 is 9.64 Å². The van der Waals surface area contributed by atoms with Gasteiger partial charge in [-0.25, -0.2) is 0 Å². The minimum Gasteiger partial charge on any atom is -0.497 e. The zero-order chi connectivity index (χ0) is 18.4. The van der Waals surface area contributed by atoms with Gasteiger partial charge in [-0.05, 0) is 56.1 Å². The van der Waals surface area contributed by atoms with Crippen LogP contribution in [0.1, 0.15) is 21.6 Å². The number of benzene rings is 2. The van der Waals surface area contributed by atoms with Gasteiger partial charge >= 0.3 is 0 Å². The molecule has 0 bridgehead atoms. The van der Waals surface area contributed by atoms with E-state index in [0.29, 0.717) is 12.3 Å². The van der Waals surface area contributed by atoms with E-state index in [-0.39, 0.29) is 5.91 Å². The van der Waals surface area contributed by atoms with Gasteiger partial charge in [0, 0.05) is 41.4 Å². The van der Waals surface area contributed by atoms with Crippen molar-refractivity contribution in [3.8, 4) is 5.75 Å². The summed E-state index contributed by atoms with van der Waals surface area (Å²) in [4.78, 5) is 16.9. The molecule has 5 nitrogen and oxygen atoms in total. The third kappa shape index (κ3) is 2.65. The van der Waals surface area contributed by atoms with Gasteiger partial charge in [0.2, 0.25) is 0 Å². The van der Waals surface area contributed by atoms with Gasteiger partial charge in [0.25, 0.3) is 5.91 Å². The lowest BCUT2D eigenvalue weighted by molar-refractivity contribution is 0.0996. The zero-order valence-electron chi connectivity index (χ0n) is 15.6. The second kappa shape index (κ2) is 6.18. The van der Waals surface area contributed by atoms with Crippen LogP contribution in [0.5, 0.6) is 5.75 Å². The molecule has 2 aromatic carbocycles. The first kappa shape index (κ1) is 16.7. The second-order valence-electron chi connectivity index (χ2n) is 7.09. The lowest BCUT2D eigenvalue weighted by Gasteiger charge is -2.16. The Bertz CT molecular complexity index is 1000. The maximum absolute atomic E-state index is 12.9. The van der Waals surface area contributed by atoms with Crippen molar-refractivity contribution in [1.29, 1.82) is 0 Å². The number of aromatic nitrogens is 1. The zero-order valence-corrected chi connectivity index (χ0v) is 15.6. The maximum atomic E-state index is 12.9. The molecule has 1 amide bonds. The fourth-order valence-electron chi connectivity index (χ4n) is 3.65. The van der Waals surface area contributed by atoms with Gasteiger partial charge < -0.3 is 19.1 Å². The van der Waals surface area contributed by atoms with Crippen LogP contribution >= 0.6 is 0 Å². The monoisotopic (exact) mass is 349 g/mol. The fraction of sp³-hybridized carbons (Fsp3) is 0.286. The van der Waals surface area contributed by atoms with Crippen LogP contribution in [-0.2, 0) is 20.1 Å². The Morgan fingerprint density at radius 3 is 2.65 bits per heavy atom. The Morgan fingerprint density at radius 2 is 1.92 bits per heavy atom. The predicted molar refractivity (Wildman–Crippen MR) is 104 cm³/mol. The summed E-state index contributed by atoms with van der Waals surface area (Å²) in [5.74, 6) is 0.744. The molecule has 0 N–H and O–H groups in total. The van der Waals surface area contributed by atoms with Crippen molar-refractivity contribution in [3.63, 3.8) is 0 Å². The molecule has 2 heterocycles. The summed E-state index contributed by atoms with van der Waals surface area (Å²) in [5, 5.41) is 1.16. The topological polar surface area (TPSA) is 37.7 Å². The first-order valence-electron chi connectivity index (χ1n) is 8.70. The minimum absolute atomic E-state index is 0.0303. The van der Waals surface area contributed by atoms with Crippen LogP contribution in [0.3, 0.4) is 0 Å². The van der Waals surface area contributed by atoms with Crippen molar-refractivity contribution in [2.75, 3.05) is 26.1 Å². The van der Waals surface area contributed by atoms with E-state index in [2.05, 4.69) is 48.8 Å². The van der Waals surface area contributed by atoms with E-state index < -0.39 is 0 Å². The van der Waals surface area contributed by atoms with Crippen molar-refractivity contribution >= 4 is 22.5 Å². The number of aryl methyl sites for hydroxylation is 1. The van der Waals surface area contributed by atoms with E-state index >= 15 is 0 Å². The minimum atomic E-state index is 0.0303. The average Bonchev–Trinajstić information content (AvgIpc) is 3.11. The van der Waals surface area contributed by atoms with Gasteiger partial charge in [0.15, 0.2) is 0 Å². The molecule has 4 rings (SSSR count). The third-order valence-electron chi connectivity index (χ3n) is 5.04. The van der Waals surface area contributed by atoms with Gasteiger partial charge in [-0.15, -0.1) is 0 Å². The number of hydrogen-bond donors (Lipinski definition) is 0. The summed E-state index contributed by atoms with van der Waals surface area (Å²) in [7, 11) is 7.84. The highest BCUT2D eigenvalue weighted by Gasteiger charge is 2.29. The number of methoxy groups -OCH3 is 1. The lowest BCUT2D eigenvalue weighted by atomic mass is 10.1. The van der Waals surface area contributed by atoms with Crippen LogP contribution in [0.2, 0.25) is 0 Å². The first-order chi connectivity index (χ1) is 12.5. The first-order valence-corrected chi connectivity index (χ1v) is 8.70. The standard InChI is InChI=1S/C21H23N3O2/c1-22(2)13-17-10-15-9-16(6-8-20(15)23(17)3)24-12-14-5-7-18(26-4)11-19(14)21(24)25/h5-11H,12-13H2,1-4H3. The Labute approximate surface area is 153 Å². The number of rotatable bonds is 4. The van der Waals surface area contributed by atoms with E-state index in [1.165, 1.54) is 11.2 Å². The van der Waals surface area contributed by atoms with Gasteiger partial charge in [-0.1, -0.05) is 6.07 Å². The summed E-state index contributed by atoms with van der Waals surface area (Å²) < 4.78 is 7.47. The predicted octanol–water partition coefficient (Wildman–Crippen LogP) is 3.41. The molecule has 134 valence electrons. The van der Waals surface area contributed by atoms with Crippen LogP contribution in [0, 0.1) is 0 Å². The Balaban J connectivity index is 1.70. The Kier molecular flexibility index (Phi) is 3.96. The van der Waals surface area contributed by atoms with Crippen LogP contribution in [0.15, 0.2) is 42.5 Å². The molecule has 0 spiro atoms. The van der Waals surface area contributed by atoms with Gasteiger partial charge in [-0.2, -0.15) is 0 Å². The van der Waals surface area contributed by atoms with Crippen LogP contribution in [0.25, 0.3) is 10.9 Å². The van der Waals surface area contributed by atoms with Crippen molar-refractivity contribution in [1.82, 2.24) is 9.47 Å². The molecule has 3 aromatic rings. The summed E-state index contributed by atoms with van der Waals surface area (Å²) in [6.07, 6.45) is 0. The molecular formula is C21H23N3O2. The second-order valence-corrected chi connectivity index (χ2v) is 7.09. The molecule has 0 aliphatic carbocycles. The van der Waals surface area contributed by atoms with Crippen LogP contribution in [0.4, 0.5) is 5.69 Å². The fourth-order valence-corrected chi connectivity index (χ4v) is 3.65. The molecule has 0 saturated carbocycles. The molecule has 26 heavy (non-hydrogen) atoms. The number of anilines is 1. The molecule has 0 fully saturated rings. The molecule has 5 heteroatoms. The molecule has 1 aliphatic heterocycles. The van der Waals surface area contributed by atoms with E-state index in [1.807, 2.05) is 29.2 Å². The quantitative estimate of drug-likeness (QED) is 0.724. The van der Waals surface area contributed by atoms with Gasteiger partial charge in [0.05, 0.1) is 13.7 Å². The number of carbonyl (C=O) groups is 1. The SMILES string of the molecule is COc1ccc2c(c1)C(=O)N(c1ccc3c(c1)cc(CN(C)C)n3C)C2. The van der Waals surface area contributed by atoms with Crippen molar-refractivity contribution in [2.24, 2.45) is 7.05 Å². The third-order valence-corrected chi connectivity index (χ3v) is 5.04. The molecule has 1 aromatic heterocycles. The van der Waals surface area contributed by atoms with E-state index in [0.717, 1.165) is 28.7 Å². The molecule has 0 radical (unpaired) electrons. The highest BCUT2D eigenvalue weighted by atomic mass is 16.5. The molecule has 1 aliphatic rings. The number of carbonyl (C=O) groups excluding carboxylic acids is 1.